The highest BCUT2D eigenvalue weighted by Gasteiger charge is 2.03. The number of rotatable bonds is 2. The van der Waals surface area contributed by atoms with Crippen molar-refractivity contribution in [2.45, 2.75) is 13.3 Å². The van der Waals surface area contributed by atoms with Crippen LogP contribution in [0.15, 0.2) is 41.5 Å². The number of aromatic nitrogens is 2. The van der Waals surface area contributed by atoms with Gasteiger partial charge in [-0.2, -0.15) is 0 Å². The van der Waals surface area contributed by atoms with Crippen LogP contribution < -0.4 is 5.56 Å². The molecule has 1 N–H and O–H groups in total. The molecule has 2 aromatic heterocycles. The van der Waals surface area contributed by atoms with E-state index >= 15 is 0 Å². The fourth-order valence-electron chi connectivity index (χ4n) is 1.54. The van der Waals surface area contributed by atoms with E-state index in [0.29, 0.717) is 0 Å². The second-order valence-corrected chi connectivity index (χ2v) is 3.31. The number of hydrogen-bond donors (Lipinski definition) is 1. The van der Waals surface area contributed by atoms with Gasteiger partial charge in [0, 0.05) is 24.0 Å². The van der Waals surface area contributed by atoms with E-state index in [4.69, 9.17) is 0 Å². The molecule has 3 nitrogen and oxygen atoms in total. The number of H-pyrrole nitrogens is 1. The highest BCUT2D eigenvalue weighted by Crippen LogP contribution is 2.19. The van der Waals surface area contributed by atoms with E-state index < -0.39 is 0 Å². The lowest BCUT2D eigenvalue weighted by Crippen LogP contribution is -2.02. The van der Waals surface area contributed by atoms with Gasteiger partial charge < -0.3 is 4.98 Å². The van der Waals surface area contributed by atoms with Crippen LogP contribution in [0.1, 0.15) is 12.5 Å². The Kier molecular flexibility index (Phi) is 2.63. The summed E-state index contributed by atoms with van der Waals surface area (Å²) in [6.45, 7) is 2.09. The zero-order chi connectivity index (χ0) is 10.7. The van der Waals surface area contributed by atoms with Crippen LogP contribution >= 0.6 is 0 Å². The van der Waals surface area contributed by atoms with E-state index in [1.54, 1.807) is 18.5 Å². The van der Waals surface area contributed by atoms with Crippen LogP contribution in [-0.2, 0) is 6.42 Å². The summed E-state index contributed by atoms with van der Waals surface area (Å²) in [6.07, 6.45) is 4.39. The molecule has 15 heavy (non-hydrogen) atoms. The molecule has 0 saturated heterocycles. The minimum absolute atomic E-state index is 0.0901. The first-order valence-corrected chi connectivity index (χ1v) is 4.94. The molecule has 2 heterocycles. The molecule has 0 aliphatic rings. The second kappa shape index (κ2) is 4.09. The highest BCUT2D eigenvalue weighted by molar-refractivity contribution is 5.61. The molecule has 0 aliphatic heterocycles. The first-order valence-electron chi connectivity index (χ1n) is 4.94. The van der Waals surface area contributed by atoms with Gasteiger partial charge in [0.2, 0.25) is 5.56 Å². The van der Waals surface area contributed by atoms with Gasteiger partial charge in [-0.15, -0.1) is 0 Å². The second-order valence-electron chi connectivity index (χ2n) is 3.31. The van der Waals surface area contributed by atoms with Crippen molar-refractivity contribution in [3.63, 3.8) is 0 Å². The van der Waals surface area contributed by atoms with Crippen LogP contribution in [0.3, 0.4) is 0 Å². The molecule has 0 unspecified atom stereocenters. The number of hydrogen-bond acceptors (Lipinski definition) is 2. The van der Waals surface area contributed by atoms with Crippen molar-refractivity contribution < 1.29 is 0 Å². The maximum absolute atomic E-state index is 10.9. The summed E-state index contributed by atoms with van der Waals surface area (Å²) in [5.74, 6) is 0. The molecule has 0 aromatic carbocycles. The summed E-state index contributed by atoms with van der Waals surface area (Å²) < 4.78 is 0. The molecule has 0 saturated carbocycles. The van der Waals surface area contributed by atoms with Gasteiger partial charge in [0.05, 0.1) is 5.69 Å². The van der Waals surface area contributed by atoms with Gasteiger partial charge in [0.25, 0.3) is 0 Å². The van der Waals surface area contributed by atoms with E-state index in [2.05, 4.69) is 16.9 Å². The molecule has 0 bridgehead atoms. The lowest BCUT2D eigenvalue weighted by atomic mass is 10.1. The third kappa shape index (κ3) is 1.96. The molecule has 0 spiro atoms. The normalized spacial score (nSPS) is 10.2. The van der Waals surface area contributed by atoms with Gasteiger partial charge >= 0.3 is 0 Å². The third-order valence-electron chi connectivity index (χ3n) is 2.33. The van der Waals surface area contributed by atoms with E-state index in [-0.39, 0.29) is 5.56 Å². The Labute approximate surface area is 87.8 Å². The first-order chi connectivity index (χ1) is 7.31. The van der Waals surface area contributed by atoms with Gasteiger partial charge in [-0.05, 0) is 24.1 Å². The summed E-state index contributed by atoms with van der Waals surface area (Å²) >= 11 is 0. The van der Waals surface area contributed by atoms with Gasteiger partial charge in [-0.1, -0.05) is 13.0 Å². The SMILES string of the molecule is CCc1cccnc1-c1ccc(=O)[nH]c1. The molecule has 76 valence electrons. The van der Waals surface area contributed by atoms with Gasteiger partial charge in [-0.3, -0.25) is 9.78 Å². The molecule has 0 atom stereocenters. The van der Waals surface area contributed by atoms with Gasteiger partial charge in [-0.25, -0.2) is 0 Å². The number of aromatic amines is 1. The van der Waals surface area contributed by atoms with E-state index in [9.17, 15) is 4.79 Å². The Morgan fingerprint density at radius 3 is 2.87 bits per heavy atom. The van der Waals surface area contributed by atoms with Crippen molar-refractivity contribution >= 4 is 0 Å². The Morgan fingerprint density at radius 2 is 2.20 bits per heavy atom. The Morgan fingerprint density at radius 1 is 1.33 bits per heavy atom. The van der Waals surface area contributed by atoms with Crippen LogP contribution in [0, 0.1) is 0 Å². The van der Waals surface area contributed by atoms with Crippen LogP contribution in [0.5, 0.6) is 0 Å². The zero-order valence-electron chi connectivity index (χ0n) is 8.53. The topological polar surface area (TPSA) is 45.8 Å². The first kappa shape index (κ1) is 9.65. The number of pyridine rings is 2. The van der Waals surface area contributed by atoms with Crippen LogP contribution in [0.2, 0.25) is 0 Å². The van der Waals surface area contributed by atoms with Crippen molar-refractivity contribution in [1.29, 1.82) is 0 Å². The number of aryl methyl sites for hydroxylation is 1. The van der Waals surface area contributed by atoms with Crippen LogP contribution in [0.25, 0.3) is 11.3 Å². The van der Waals surface area contributed by atoms with E-state index in [0.717, 1.165) is 17.7 Å². The Balaban J connectivity index is 2.53. The number of nitrogens with one attached hydrogen (secondary N) is 1. The van der Waals surface area contributed by atoms with Crippen molar-refractivity contribution in [2.24, 2.45) is 0 Å². The zero-order valence-corrected chi connectivity index (χ0v) is 8.53. The Hall–Kier alpha value is -1.90. The minimum atomic E-state index is -0.0901. The highest BCUT2D eigenvalue weighted by atomic mass is 16.1. The smallest absolute Gasteiger partial charge is 0.247 e. The van der Waals surface area contributed by atoms with E-state index in [1.807, 2.05) is 12.1 Å². The molecular weight excluding hydrogens is 188 g/mol. The molecule has 0 radical (unpaired) electrons. The molecule has 0 fully saturated rings. The Bertz CT molecular complexity index is 497. The van der Waals surface area contributed by atoms with Crippen LogP contribution in [-0.4, -0.2) is 9.97 Å². The molecule has 3 heteroatoms. The summed E-state index contributed by atoms with van der Waals surface area (Å²) in [6, 6.07) is 7.28. The average Bonchev–Trinajstić information content (AvgIpc) is 2.30. The maximum Gasteiger partial charge on any atom is 0.247 e. The fourth-order valence-corrected chi connectivity index (χ4v) is 1.54. The largest absolute Gasteiger partial charge is 0.328 e. The minimum Gasteiger partial charge on any atom is -0.328 e. The van der Waals surface area contributed by atoms with Gasteiger partial charge in [0.1, 0.15) is 0 Å². The molecular formula is C12H12N2O. The third-order valence-corrected chi connectivity index (χ3v) is 2.33. The molecule has 2 rings (SSSR count). The predicted octanol–water partition coefficient (Wildman–Crippen LogP) is 2.00. The maximum atomic E-state index is 10.9. The monoisotopic (exact) mass is 200 g/mol. The molecule has 2 aromatic rings. The summed E-state index contributed by atoms with van der Waals surface area (Å²) in [7, 11) is 0. The fraction of sp³-hybridized carbons (Fsp3) is 0.167. The standard InChI is InChI=1S/C12H12N2O/c1-2-9-4-3-7-13-12(9)10-5-6-11(15)14-8-10/h3-8H,2H2,1H3,(H,14,15). The van der Waals surface area contributed by atoms with Crippen molar-refractivity contribution in [2.75, 3.05) is 0 Å². The summed E-state index contributed by atoms with van der Waals surface area (Å²) in [4.78, 5) is 17.9. The van der Waals surface area contributed by atoms with Crippen LogP contribution in [0.4, 0.5) is 0 Å². The molecule has 0 aliphatic carbocycles. The lowest BCUT2D eigenvalue weighted by Gasteiger charge is -2.05. The quantitative estimate of drug-likeness (QED) is 0.805. The number of nitrogens with zero attached hydrogens (tertiary/aromatic N) is 1. The van der Waals surface area contributed by atoms with Crippen molar-refractivity contribution in [3.8, 4) is 11.3 Å². The van der Waals surface area contributed by atoms with Gasteiger partial charge in [0.15, 0.2) is 0 Å². The predicted molar refractivity (Wildman–Crippen MR) is 59.7 cm³/mol. The van der Waals surface area contributed by atoms with Crippen molar-refractivity contribution in [3.05, 3.63) is 52.6 Å². The van der Waals surface area contributed by atoms with Crippen molar-refractivity contribution in [1.82, 2.24) is 9.97 Å². The molecule has 0 amide bonds. The van der Waals surface area contributed by atoms with E-state index in [1.165, 1.54) is 11.6 Å². The average molecular weight is 200 g/mol. The summed E-state index contributed by atoms with van der Waals surface area (Å²) in [5, 5.41) is 0. The summed E-state index contributed by atoms with van der Waals surface area (Å²) in [5.41, 5.74) is 2.99. The lowest BCUT2D eigenvalue weighted by molar-refractivity contribution is 1.10.